The van der Waals surface area contributed by atoms with Gasteiger partial charge in [0.2, 0.25) is 0 Å². The van der Waals surface area contributed by atoms with E-state index >= 15 is 0 Å². The molecule has 0 aliphatic heterocycles. The van der Waals surface area contributed by atoms with Crippen molar-refractivity contribution < 1.29 is 17.6 Å². The SMILES string of the molecule is C=C(/C(C#N)=C(\C)F)N(C)C(C)/C(C#N)=C(F)\C(F)=C(\C#N)N(C)C(F)C#N. The number of likely N-dealkylation sites (N-methyl/N-ethyl adjacent to an activating group) is 1. The lowest BCUT2D eigenvalue weighted by Gasteiger charge is -2.28. The standard InChI is InChI=1S/C18H16F4N6/c1-10(19)13(6-23)11(2)27(4)12(3)14(7-24)17(21)18(22)15(8-25)28(5)16(20)9-26/h12,16H,2H2,1,3-5H3/b13-10+,17-14+,18-15+. The first kappa shape index (κ1) is 24.2. The molecule has 0 aromatic rings. The summed E-state index contributed by atoms with van der Waals surface area (Å²) in [7, 11) is 2.13. The maximum atomic E-state index is 14.6. The molecule has 146 valence electrons. The van der Waals surface area contributed by atoms with E-state index in [0.29, 0.717) is 0 Å². The summed E-state index contributed by atoms with van der Waals surface area (Å²) < 4.78 is 55.8. The highest BCUT2D eigenvalue weighted by Crippen LogP contribution is 2.28. The molecule has 0 radical (unpaired) electrons. The molecule has 10 heteroatoms. The maximum absolute atomic E-state index is 14.6. The van der Waals surface area contributed by atoms with Crippen LogP contribution < -0.4 is 0 Å². The Bertz CT molecular complexity index is 900. The Balaban J connectivity index is 6.31. The molecule has 0 saturated carbocycles. The van der Waals surface area contributed by atoms with Crippen molar-refractivity contribution in [2.75, 3.05) is 14.1 Å². The van der Waals surface area contributed by atoms with Crippen LogP contribution in [-0.4, -0.2) is 36.2 Å². The summed E-state index contributed by atoms with van der Waals surface area (Å²) in [4.78, 5) is 1.33. The van der Waals surface area contributed by atoms with Gasteiger partial charge in [-0.2, -0.15) is 21.0 Å². The molecule has 0 rings (SSSR count). The van der Waals surface area contributed by atoms with Crippen molar-refractivity contribution in [3.8, 4) is 24.3 Å². The quantitative estimate of drug-likeness (QED) is 0.283. The van der Waals surface area contributed by atoms with E-state index in [-0.39, 0.29) is 10.6 Å². The normalized spacial score (nSPS) is 15.1. The molecule has 0 aromatic carbocycles. The van der Waals surface area contributed by atoms with Crippen LogP contribution in [0.1, 0.15) is 13.8 Å². The lowest BCUT2D eigenvalue weighted by Crippen LogP contribution is -2.31. The molecule has 6 nitrogen and oxygen atoms in total. The third kappa shape index (κ3) is 5.13. The van der Waals surface area contributed by atoms with Gasteiger partial charge >= 0.3 is 0 Å². The van der Waals surface area contributed by atoms with Gasteiger partial charge in [0.05, 0.1) is 17.3 Å². The number of hydrogen-bond acceptors (Lipinski definition) is 6. The second-order valence-electron chi connectivity index (χ2n) is 5.44. The Morgan fingerprint density at radius 1 is 0.929 bits per heavy atom. The molecule has 2 atom stereocenters. The maximum Gasteiger partial charge on any atom is 0.260 e. The van der Waals surface area contributed by atoms with Gasteiger partial charge in [-0.1, -0.05) is 6.58 Å². The molecule has 0 amide bonds. The molecular formula is C18H16F4N6. The minimum Gasteiger partial charge on any atom is -0.366 e. The zero-order valence-electron chi connectivity index (χ0n) is 15.6. The number of alkyl halides is 1. The molecule has 2 unspecified atom stereocenters. The molecule has 0 heterocycles. The lowest BCUT2D eigenvalue weighted by atomic mass is 10.0. The van der Waals surface area contributed by atoms with E-state index in [1.807, 2.05) is 0 Å². The molecule has 28 heavy (non-hydrogen) atoms. The van der Waals surface area contributed by atoms with E-state index in [9.17, 15) is 22.8 Å². The smallest absolute Gasteiger partial charge is 0.260 e. The van der Waals surface area contributed by atoms with Crippen LogP contribution in [-0.2, 0) is 0 Å². The average Bonchev–Trinajstić information content (AvgIpc) is 2.67. The third-order valence-corrected chi connectivity index (χ3v) is 3.83. The first-order chi connectivity index (χ1) is 13.0. The predicted octanol–water partition coefficient (Wildman–Crippen LogP) is 3.79. The van der Waals surface area contributed by atoms with Gasteiger partial charge in [0, 0.05) is 14.1 Å². The number of allylic oxidation sites excluding steroid dienone is 5. The highest BCUT2D eigenvalue weighted by Gasteiger charge is 2.28. The van der Waals surface area contributed by atoms with Crippen LogP contribution in [0, 0.1) is 45.3 Å². The summed E-state index contributed by atoms with van der Waals surface area (Å²) >= 11 is 0. The zero-order valence-corrected chi connectivity index (χ0v) is 15.6. The van der Waals surface area contributed by atoms with Gasteiger partial charge < -0.3 is 9.80 Å². The van der Waals surface area contributed by atoms with Crippen LogP contribution >= 0.6 is 0 Å². The molecule has 0 spiro atoms. The first-order valence-electron chi connectivity index (χ1n) is 7.55. The van der Waals surface area contributed by atoms with Crippen LogP contribution in [0.4, 0.5) is 17.6 Å². The summed E-state index contributed by atoms with van der Waals surface area (Å²) in [5.41, 5.74) is -2.59. The Morgan fingerprint density at radius 2 is 1.46 bits per heavy atom. The molecule has 0 fully saturated rings. The topological polar surface area (TPSA) is 102 Å². The fraction of sp³-hybridized carbons (Fsp3) is 0.333. The van der Waals surface area contributed by atoms with E-state index in [2.05, 4.69) is 6.58 Å². The number of rotatable bonds is 7. The van der Waals surface area contributed by atoms with E-state index < -0.39 is 46.7 Å². The van der Waals surface area contributed by atoms with Crippen LogP contribution in [0.3, 0.4) is 0 Å². The minimum absolute atomic E-state index is 0.189. The Hall–Kier alpha value is -3.76. The lowest BCUT2D eigenvalue weighted by molar-refractivity contribution is 0.203. The van der Waals surface area contributed by atoms with Crippen molar-refractivity contribution in [2.24, 2.45) is 0 Å². The molecule has 0 aromatic heterocycles. The van der Waals surface area contributed by atoms with Crippen LogP contribution in [0.2, 0.25) is 0 Å². The van der Waals surface area contributed by atoms with Crippen molar-refractivity contribution in [3.05, 3.63) is 46.6 Å². The summed E-state index contributed by atoms with van der Waals surface area (Å²) in [6.45, 7) is 5.76. The molecule has 0 saturated heterocycles. The number of nitrogens with zero attached hydrogens (tertiary/aromatic N) is 6. The molecule has 0 aliphatic carbocycles. The minimum atomic E-state index is -2.42. The fourth-order valence-corrected chi connectivity index (χ4v) is 1.97. The second kappa shape index (κ2) is 10.4. The summed E-state index contributed by atoms with van der Waals surface area (Å²) in [5, 5.41) is 35.7. The van der Waals surface area contributed by atoms with Gasteiger partial charge in [0.15, 0.2) is 17.4 Å². The van der Waals surface area contributed by atoms with E-state index in [0.717, 1.165) is 24.9 Å². The largest absolute Gasteiger partial charge is 0.366 e. The Kier molecular flexibility index (Phi) is 9.01. The summed E-state index contributed by atoms with van der Waals surface area (Å²) in [6, 6.07) is 4.13. The van der Waals surface area contributed by atoms with E-state index in [1.165, 1.54) is 26.1 Å². The molecular weight excluding hydrogens is 376 g/mol. The highest BCUT2D eigenvalue weighted by molar-refractivity contribution is 5.45. The van der Waals surface area contributed by atoms with Gasteiger partial charge in [-0.25, -0.2) is 17.6 Å². The third-order valence-electron chi connectivity index (χ3n) is 3.83. The van der Waals surface area contributed by atoms with E-state index in [1.54, 1.807) is 6.07 Å². The summed E-state index contributed by atoms with van der Waals surface area (Å²) in [6.07, 6.45) is -2.42. The van der Waals surface area contributed by atoms with Gasteiger partial charge in [0.1, 0.15) is 35.7 Å². The second-order valence-corrected chi connectivity index (χ2v) is 5.44. The Morgan fingerprint density at radius 3 is 1.82 bits per heavy atom. The molecule has 0 N–H and O–H groups in total. The average molecular weight is 392 g/mol. The van der Waals surface area contributed by atoms with Crippen molar-refractivity contribution >= 4 is 0 Å². The van der Waals surface area contributed by atoms with Gasteiger partial charge in [0.25, 0.3) is 6.30 Å². The van der Waals surface area contributed by atoms with Gasteiger partial charge in [-0.3, -0.25) is 0 Å². The zero-order chi connectivity index (χ0) is 22.2. The van der Waals surface area contributed by atoms with Crippen LogP contribution in [0.15, 0.2) is 46.6 Å². The predicted molar refractivity (Wildman–Crippen MR) is 91.6 cm³/mol. The first-order valence-corrected chi connectivity index (χ1v) is 7.55. The monoisotopic (exact) mass is 392 g/mol. The van der Waals surface area contributed by atoms with E-state index in [4.69, 9.17) is 15.8 Å². The van der Waals surface area contributed by atoms with Gasteiger partial charge in [-0.05, 0) is 13.8 Å². The fourth-order valence-electron chi connectivity index (χ4n) is 1.97. The van der Waals surface area contributed by atoms with Crippen LogP contribution in [0.25, 0.3) is 0 Å². The molecule has 0 aliphatic rings. The molecule has 0 bridgehead atoms. The van der Waals surface area contributed by atoms with Crippen molar-refractivity contribution in [3.63, 3.8) is 0 Å². The van der Waals surface area contributed by atoms with Gasteiger partial charge in [-0.15, -0.1) is 0 Å². The number of hydrogen-bond donors (Lipinski definition) is 0. The number of nitriles is 4. The Labute approximate surface area is 160 Å². The summed E-state index contributed by atoms with van der Waals surface area (Å²) in [5.74, 6) is -4.47. The van der Waals surface area contributed by atoms with Crippen molar-refractivity contribution in [2.45, 2.75) is 26.2 Å². The van der Waals surface area contributed by atoms with Crippen molar-refractivity contribution in [1.29, 1.82) is 21.0 Å². The highest BCUT2D eigenvalue weighted by atomic mass is 19.2. The number of halogens is 4. The van der Waals surface area contributed by atoms with Crippen molar-refractivity contribution in [1.82, 2.24) is 9.80 Å². The van der Waals surface area contributed by atoms with Crippen LogP contribution in [0.5, 0.6) is 0 Å².